The van der Waals surface area contributed by atoms with E-state index in [2.05, 4.69) is 0 Å². The van der Waals surface area contributed by atoms with Crippen molar-refractivity contribution in [3.05, 3.63) is 63.4 Å². The molecule has 0 radical (unpaired) electrons. The number of benzene rings is 2. The van der Waals surface area contributed by atoms with E-state index in [1.54, 1.807) is 16.7 Å². The van der Waals surface area contributed by atoms with Crippen molar-refractivity contribution < 1.29 is 4.79 Å². The monoisotopic (exact) mass is 443 g/mol. The van der Waals surface area contributed by atoms with Crippen LogP contribution >= 0.6 is 23.4 Å². The maximum atomic E-state index is 13.4. The third kappa shape index (κ3) is 4.40. The van der Waals surface area contributed by atoms with E-state index < -0.39 is 0 Å². The van der Waals surface area contributed by atoms with Crippen LogP contribution in [0, 0.1) is 6.92 Å². The standard InChI is InChI=1S/C23H26ClN3O2S/c1-14(2)26(15(3)4)21(28)13-30-23-25-19-11-7-6-9-17(19)22(29)27(23)20-12-8-10-18(24)16(20)5/h6-12,14-15H,13H2,1-5H3. The number of rotatable bonds is 6. The van der Waals surface area contributed by atoms with Crippen LogP contribution in [-0.4, -0.2) is 38.2 Å². The van der Waals surface area contributed by atoms with Gasteiger partial charge in [-0.05, 0) is 64.4 Å². The lowest BCUT2D eigenvalue weighted by atomic mass is 10.2. The first-order chi connectivity index (χ1) is 14.2. The van der Waals surface area contributed by atoms with Crippen molar-refractivity contribution in [2.45, 2.75) is 51.9 Å². The van der Waals surface area contributed by atoms with Gasteiger partial charge < -0.3 is 4.90 Å². The lowest BCUT2D eigenvalue weighted by molar-refractivity contribution is -0.131. The maximum Gasteiger partial charge on any atom is 0.266 e. The van der Waals surface area contributed by atoms with Crippen LogP contribution in [0.1, 0.15) is 33.3 Å². The number of halogens is 1. The normalized spacial score (nSPS) is 11.5. The number of fused-ring (bicyclic) bond motifs is 1. The average molecular weight is 444 g/mol. The summed E-state index contributed by atoms with van der Waals surface area (Å²) in [4.78, 5) is 32.8. The van der Waals surface area contributed by atoms with E-state index in [4.69, 9.17) is 16.6 Å². The summed E-state index contributed by atoms with van der Waals surface area (Å²) < 4.78 is 1.57. The van der Waals surface area contributed by atoms with Gasteiger partial charge in [-0.1, -0.05) is 41.6 Å². The van der Waals surface area contributed by atoms with Crippen LogP contribution in [-0.2, 0) is 4.79 Å². The van der Waals surface area contributed by atoms with Crippen molar-refractivity contribution in [3.8, 4) is 5.69 Å². The maximum absolute atomic E-state index is 13.4. The van der Waals surface area contributed by atoms with E-state index in [-0.39, 0.29) is 29.3 Å². The van der Waals surface area contributed by atoms with Crippen molar-refractivity contribution in [2.75, 3.05) is 5.75 Å². The molecule has 0 unspecified atom stereocenters. The number of hydrogen-bond donors (Lipinski definition) is 0. The summed E-state index contributed by atoms with van der Waals surface area (Å²) in [6.45, 7) is 9.88. The molecule has 1 heterocycles. The van der Waals surface area contributed by atoms with E-state index in [9.17, 15) is 9.59 Å². The second-order valence-corrected chi connectivity index (χ2v) is 9.06. The zero-order valence-corrected chi connectivity index (χ0v) is 19.4. The van der Waals surface area contributed by atoms with Crippen LogP contribution in [0.4, 0.5) is 0 Å². The Balaban J connectivity index is 2.11. The molecule has 3 rings (SSSR count). The number of nitrogens with zero attached hydrogens (tertiary/aromatic N) is 3. The molecule has 0 aliphatic carbocycles. The van der Waals surface area contributed by atoms with E-state index in [0.29, 0.717) is 26.8 Å². The Morgan fingerprint density at radius 1 is 1.10 bits per heavy atom. The summed E-state index contributed by atoms with van der Waals surface area (Å²) in [5, 5.41) is 1.58. The van der Waals surface area contributed by atoms with Crippen LogP contribution in [0.2, 0.25) is 5.02 Å². The Hall–Kier alpha value is -2.31. The van der Waals surface area contributed by atoms with Gasteiger partial charge in [0.2, 0.25) is 5.91 Å². The molecule has 30 heavy (non-hydrogen) atoms. The van der Waals surface area contributed by atoms with Gasteiger partial charge in [0, 0.05) is 17.1 Å². The van der Waals surface area contributed by atoms with Crippen LogP contribution < -0.4 is 5.56 Å². The first-order valence-corrected chi connectivity index (χ1v) is 11.3. The van der Waals surface area contributed by atoms with Gasteiger partial charge >= 0.3 is 0 Å². The smallest absolute Gasteiger partial charge is 0.266 e. The highest BCUT2D eigenvalue weighted by atomic mass is 35.5. The van der Waals surface area contributed by atoms with E-state index in [0.717, 1.165) is 5.56 Å². The number of hydrogen-bond acceptors (Lipinski definition) is 4. The second-order valence-electron chi connectivity index (χ2n) is 7.71. The fourth-order valence-corrected chi connectivity index (χ4v) is 4.68. The van der Waals surface area contributed by atoms with Gasteiger partial charge in [-0.2, -0.15) is 0 Å². The van der Waals surface area contributed by atoms with Crippen LogP contribution in [0.15, 0.2) is 52.4 Å². The van der Waals surface area contributed by atoms with Gasteiger partial charge in [-0.3, -0.25) is 14.2 Å². The van der Waals surface area contributed by atoms with Crippen molar-refractivity contribution >= 4 is 40.2 Å². The average Bonchev–Trinajstić information content (AvgIpc) is 2.68. The minimum absolute atomic E-state index is 0.0155. The quantitative estimate of drug-likeness (QED) is 0.393. The first-order valence-electron chi connectivity index (χ1n) is 9.93. The van der Waals surface area contributed by atoms with E-state index >= 15 is 0 Å². The molecule has 0 spiro atoms. The van der Waals surface area contributed by atoms with Crippen molar-refractivity contribution in [2.24, 2.45) is 0 Å². The topological polar surface area (TPSA) is 55.2 Å². The third-order valence-electron chi connectivity index (χ3n) is 4.95. The predicted molar refractivity (Wildman–Crippen MR) is 125 cm³/mol. The third-order valence-corrected chi connectivity index (χ3v) is 6.28. The summed E-state index contributed by atoms with van der Waals surface area (Å²) >= 11 is 7.60. The molecular formula is C23H26ClN3O2S. The summed E-state index contributed by atoms with van der Waals surface area (Å²) in [6, 6.07) is 12.9. The number of amides is 1. The Morgan fingerprint density at radius 2 is 1.77 bits per heavy atom. The molecule has 2 aromatic carbocycles. The molecule has 5 nitrogen and oxygen atoms in total. The number of carbonyl (C=O) groups is 1. The molecule has 0 aliphatic heterocycles. The minimum Gasteiger partial charge on any atom is -0.337 e. The molecule has 0 fully saturated rings. The molecule has 7 heteroatoms. The zero-order valence-electron chi connectivity index (χ0n) is 17.8. The van der Waals surface area contributed by atoms with Gasteiger partial charge in [0.25, 0.3) is 5.56 Å². The molecular weight excluding hydrogens is 418 g/mol. The van der Waals surface area contributed by atoms with E-state index in [1.165, 1.54) is 11.8 Å². The van der Waals surface area contributed by atoms with Gasteiger partial charge in [-0.15, -0.1) is 0 Å². The van der Waals surface area contributed by atoms with Crippen molar-refractivity contribution in [1.29, 1.82) is 0 Å². The lowest BCUT2D eigenvalue weighted by Gasteiger charge is -2.30. The van der Waals surface area contributed by atoms with Crippen LogP contribution in [0.5, 0.6) is 0 Å². The van der Waals surface area contributed by atoms with Crippen LogP contribution in [0.25, 0.3) is 16.6 Å². The fourth-order valence-electron chi connectivity index (χ4n) is 3.63. The Bertz CT molecular complexity index is 1130. The molecule has 1 amide bonds. The minimum atomic E-state index is -0.175. The molecule has 0 saturated heterocycles. The number of para-hydroxylation sites is 1. The van der Waals surface area contributed by atoms with Crippen molar-refractivity contribution in [1.82, 2.24) is 14.5 Å². The van der Waals surface area contributed by atoms with Crippen LogP contribution in [0.3, 0.4) is 0 Å². The molecule has 3 aromatic rings. The summed E-state index contributed by atoms with van der Waals surface area (Å²) in [7, 11) is 0. The second kappa shape index (κ2) is 9.23. The molecule has 0 saturated carbocycles. The SMILES string of the molecule is Cc1c(Cl)cccc1-n1c(SCC(=O)N(C(C)C)C(C)C)nc2ccccc2c1=O. The number of aromatic nitrogens is 2. The largest absolute Gasteiger partial charge is 0.337 e. The highest BCUT2D eigenvalue weighted by Crippen LogP contribution is 2.27. The van der Waals surface area contributed by atoms with Gasteiger partial charge in [-0.25, -0.2) is 4.98 Å². The number of thioether (sulfide) groups is 1. The molecule has 0 atom stereocenters. The fraction of sp³-hybridized carbons (Fsp3) is 0.348. The van der Waals surface area contributed by atoms with Crippen molar-refractivity contribution in [3.63, 3.8) is 0 Å². The van der Waals surface area contributed by atoms with Gasteiger partial charge in [0.05, 0.1) is 22.3 Å². The van der Waals surface area contributed by atoms with Gasteiger partial charge in [0.15, 0.2) is 5.16 Å². The summed E-state index contributed by atoms with van der Waals surface area (Å²) in [6.07, 6.45) is 0. The molecule has 158 valence electrons. The Kier molecular flexibility index (Phi) is 6.88. The molecule has 0 aliphatic rings. The lowest BCUT2D eigenvalue weighted by Crippen LogP contribution is -2.43. The Labute approximate surface area is 186 Å². The highest BCUT2D eigenvalue weighted by molar-refractivity contribution is 7.99. The number of carbonyl (C=O) groups excluding carboxylic acids is 1. The molecule has 0 bridgehead atoms. The predicted octanol–water partition coefficient (Wildman–Crippen LogP) is 5.09. The molecule has 1 aromatic heterocycles. The highest BCUT2D eigenvalue weighted by Gasteiger charge is 2.22. The molecule has 0 N–H and O–H groups in total. The van der Waals surface area contributed by atoms with E-state index in [1.807, 2.05) is 69.9 Å². The Morgan fingerprint density at radius 3 is 2.43 bits per heavy atom. The summed E-state index contributed by atoms with van der Waals surface area (Å²) in [5.41, 5.74) is 1.89. The first kappa shape index (κ1) is 22.4. The van der Waals surface area contributed by atoms with Gasteiger partial charge in [0.1, 0.15) is 0 Å². The zero-order chi connectivity index (χ0) is 22.0. The summed E-state index contributed by atoms with van der Waals surface area (Å²) in [5.74, 6) is 0.211.